The Balaban J connectivity index is 0.881. The molecule has 0 aliphatic heterocycles. The van der Waals surface area contributed by atoms with Gasteiger partial charge in [0.05, 0.1) is 0 Å². The predicted molar refractivity (Wildman–Crippen MR) is 470 cm³/mol. The van der Waals surface area contributed by atoms with Gasteiger partial charge < -0.3 is 0 Å². The van der Waals surface area contributed by atoms with Crippen LogP contribution in [0.1, 0.15) is 89.0 Å². The van der Waals surface area contributed by atoms with Crippen LogP contribution >= 0.6 is 0 Å². The monoisotopic (exact) mass is 1450 g/mol. The third-order valence-electron chi connectivity index (χ3n) is 21.3. The minimum Gasteiger partial charge on any atom is -0.0587 e. The number of aryl methyl sites for hydroxylation is 4. The molecule has 0 atom stereocenters. The van der Waals surface area contributed by atoms with Gasteiger partial charge in [-0.2, -0.15) is 0 Å². The third kappa shape index (κ3) is 16.0. The first-order valence-corrected chi connectivity index (χ1v) is 42.0. The first kappa shape index (κ1) is 70.3. The van der Waals surface area contributed by atoms with Crippen molar-refractivity contribution in [2.45, 2.75) is 27.7 Å². The maximum absolute atomic E-state index is 4.27. The van der Waals surface area contributed by atoms with Crippen molar-refractivity contribution in [1.29, 1.82) is 0 Å². The predicted octanol–water partition coefficient (Wildman–Crippen LogP) is 25.3. The summed E-state index contributed by atoms with van der Waals surface area (Å²) in [6.07, 6.45) is 9.43. The molecule has 0 bridgehead atoms. The van der Waals surface area contributed by atoms with Gasteiger partial charge in [-0.25, -0.2) is 0 Å². The molecule has 0 aromatic heterocycles. The van der Waals surface area contributed by atoms with Crippen LogP contribution in [0.3, 0.4) is 0 Å². The second-order valence-corrected chi connectivity index (χ2v) is 36.7. The number of hydrogen-bond acceptors (Lipinski definition) is 0. The maximum atomic E-state index is 2.48. The van der Waals surface area contributed by atoms with Crippen molar-refractivity contribution in [3.8, 4) is 44.5 Å². The van der Waals surface area contributed by atoms with E-state index in [2.05, 4.69) is 465 Å². The van der Waals surface area contributed by atoms with Crippen LogP contribution in [0.5, 0.6) is 0 Å². The summed E-state index contributed by atoms with van der Waals surface area (Å²) in [5, 5.41) is 0. The fraction of sp³-hybridized carbons (Fsp3) is 0.0370. The minimum atomic E-state index is -4.27. The van der Waals surface area contributed by atoms with Crippen molar-refractivity contribution in [2.24, 2.45) is 0 Å². The van der Waals surface area contributed by atoms with E-state index < -0.39 is 13.3 Å². The van der Waals surface area contributed by atoms with Gasteiger partial charge in [0, 0.05) is 0 Å². The molecule has 0 spiro atoms. The van der Waals surface area contributed by atoms with Gasteiger partial charge in [0.1, 0.15) is 0 Å². The number of benzene rings is 16. The smallest absolute Gasteiger partial charge is 0.0587 e. The second kappa shape index (κ2) is 32.4. The summed E-state index contributed by atoms with van der Waals surface area (Å²) in [5.74, 6) is 0. The van der Waals surface area contributed by atoms with Crippen LogP contribution in [0.2, 0.25) is 0 Å². The third-order valence-corrected chi connectivity index (χ3v) is 31.3. The molecule has 0 fully saturated rings. The molecule has 0 heterocycles. The molecule has 0 saturated carbocycles. The molecule has 16 aromatic carbocycles. The quantitative estimate of drug-likeness (QED) is 0.0527. The summed E-state index contributed by atoms with van der Waals surface area (Å²) < 4.78 is 5.28. The summed E-state index contributed by atoms with van der Waals surface area (Å²) >= 11 is -4.27. The standard InChI is InChI=1S/C108H84Ge/c1-77-25-41-85(42-26-77)89-49-33-81(34-50-89)73-105(93-17-9-5-10-18-93)97-57-65-101(66-58-97)109(102-67-59-98(60-68-102)106(94-19-11-6-12-20-94)74-82-35-51-90(52-36-82)86-43-27-78(2)28-44-86,103-69-61-99(62-70-103)107(95-21-13-7-14-22-95)75-83-37-53-91(54-38-83)87-45-29-79(3)30-46-87)104-71-63-100(64-72-104)108(96-23-15-8-16-24-96)76-84-39-55-92(56-40-84)88-47-31-80(4)32-48-88/h5-76H,1-4H3/b105-73+,106-74+,107-75+,108-76+. The van der Waals surface area contributed by atoms with E-state index in [1.807, 2.05) is 0 Å². The van der Waals surface area contributed by atoms with Gasteiger partial charge in [0.2, 0.25) is 0 Å². The van der Waals surface area contributed by atoms with Crippen molar-refractivity contribution in [1.82, 2.24) is 0 Å². The molecule has 0 saturated heterocycles. The number of hydrogen-bond donors (Lipinski definition) is 0. The molecule has 0 unspecified atom stereocenters. The zero-order valence-electron chi connectivity index (χ0n) is 62.1. The molecule has 109 heavy (non-hydrogen) atoms. The zero-order chi connectivity index (χ0) is 73.9. The molecular weight excluding hydrogens is 1370 g/mol. The van der Waals surface area contributed by atoms with Gasteiger partial charge in [-0.15, -0.1) is 0 Å². The van der Waals surface area contributed by atoms with E-state index in [-0.39, 0.29) is 0 Å². The first-order chi connectivity index (χ1) is 53.6. The van der Waals surface area contributed by atoms with E-state index in [4.69, 9.17) is 0 Å². The van der Waals surface area contributed by atoms with E-state index in [1.165, 1.54) is 84.3 Å². The van der Waals surface area contributed by atoms with E-state index in [0.29, 0.717) is 0 Å². The van der Waals surface area contributed by atoms with Gasteiger partial charge in [0.15, 0.2) is 0 Å². The average molecular weight is 1450 g/mol. The number of rotatable bonds is 20. The Kier molecular flexibility index (Phi) is 20.9. The van der Waals surface area contributed by atoms with Crippen LogP contribution in [0.25, 0.3) is 91.1 Å². The van der Waals surface area contributed by atoms with E-state index >= 15 is 0 Å². The van der Waals surface area contributed by atoms with Crippen LogP contribution in [-0.4, -0.2) is 13.3 Å². The Bertz CT molecular complexity index is 5110. The molecule has 16 rings (SSSR count). The molecule has 0 N–H and O–H groups in total. The topological polar surface area (TPSA) is 0 Å². The molecule has 0 nitrogen and oxygen atoms in total. The zero-order valence-corrected chi connectivity index (χ0v) is 64.2. The molecule has 1 heteroatoms. The van der Waals surface area contributed by atoms with Gasteiger partial charge in [-0.3, -0.25) is 0 Å². The van der Waals surface area contributed by atoms with Crippen LogP contribution < -0.4 is 17.6 Å². The van der Waals surface area contributed by atoms with Gasteiger partial charge in [-0.1, -0.05) is 70.8 Å². The molecule has 16 aromatic rings. The van der Waals surface area contributed by atoms with Crippen molar-refractivity contribution >= 4 is 77.4 Å². The fourth-order valence-electron chi connectivity index (χ4n) is 15.1. The van der Waals surface area contributed by atoms with Gasteiger partial charge >= 0.3 is 553 Å². The van der Waals surface area contributed by atoms with E-state index in [9.17, 15) is 0 Å². The van der Waals surface area contributed by atoms with Crippen molar-refractivity contribution in [2.75, 3.05) is 0 Å². The molecule has 0 amide bonds. The normalized spacial score (nSPS) is 12.1. The fourth-order valence-corrected chi connectivity index (χ4v) is 24.9. The summed E-state index contributed by atoms with van der Waals surface area (Å²) in [6, 6.07) is 154. The summed E-state index contributed by atoms with van der Waals surface area (Å²) in [4.78, 5) is 0. The molecule has 0 aliphatic rings. The van der Waals surface area contributed by atoms with Crippen molar-refractivity contribution < 1.29 is 0 Å². The van der Waals surface area contributed by atoms with Gasteiger partial charge in [-0.05, 0) is 27.7 Å². The second-order valence-electron chi connectivity index (χ2n) is 28.7. The van der Waals surface area contributed by atoms with Crippen molar-refractivity contribution in [3.63, 3.8) is 0 Å². The van der Waals surface area contributed by atoms with Crippen LogP contribution in [0.15, 0.2) is 413 Å². The Morgan fingerprint density at radius 2 is 0.303 bits per heavy atom. The Hall–Kier alpha value is -13.0. The Morgan fingerprint density at radius 1 is 0.156 bits per heavy atom. The molecular formula is C108H84Ge. The Labute approximate surface area is 646 Å². The summed E-state index contributed by atoms with van der Waals surface area (Å²) in [5.41, 5.74) is 33.1. The van der Waals surface area contributed by atoms with Crippen LogP contribution in [0.4, 0.5) is 0 Å². The van der Waals surface area contributed by atoms with E-state index in [1.54, 1.807) is 0 Å². The molecule has 0 aliphatic carbocycles. The van der Waals surface area contributed by atoms with Crippen LogP contribution in [0, 0.1) is 27.7 Å². The average Bonchev–Trinajstić information content (AvgIpc) is 0.726. The summed E-state index contributed by atoms with van der Waals surface area (Å²) in [6.45, 7) is 8.56. The Morgan fingerprint density at radius 3 is 0.468 bits per heavy atom. The van der Waals surface area contributed by atoms with Crippen molar-refractivity contribution in [3.05, 3.63) is 502 Å². The SMILES string of the molecule is Cc1ccc(-c2ccc(/C=C(\c3ccccc3)c3cc[c]([Ge]([c]4ccc(/C(=C/c5ccc(-c6ccc(C)cc6)cc5)c5ccccc5)cc4)([c]4ccc(/C(=C/c5ccc(-c6ccc(C)cc6)cc5)c5ccccc5)cc4)[c]4ccc(/C(=C/c5ccc(-c6ccc(C)cc6)cc5)c5ccccc5)cc4)cc3)cc2)cc1. The van der Waals surface area contributed by atoms with E-state index in [0.717, 1.165) is 89.1 Å². The summed E-state index contributed by atoms with van der Waals surface area (Å²) in [7, 11) is 0. The van der Waals surface area contributed by atoms with Crippen LogP contribution in [-0.2, 0) is 0 Å². The molecule has 520 valence electrons. The molecule has 0 radical (unpaired) electrons. The van der Waals surface area contributed by atoms with Gasteiger partial charge in [0.25, 0.3) is 0 Å². The minimum absolute atomic E-state index is 1.14. The first-order valence-electron chi connectivity index (χ1n) is 37.8.